The number of carbonyl (C=O) groups excluding carboxylic acids is 1. The summed E-state index contributed by atoms with van der Waals surface area (Å²) in [6, 6.07) is 16.3. The number of carbonyl (C=O) groups is 1. The van der Waals surface area contributed by atoms with E-state index in [0.29, 0.717) is 0 Å². The number of likely N-dealkylation sites (N-methyl/N-ethyl adjacent to an activating group) is 1. The van der Waals surface area contributed by atoms with Gasteiger partial charge in [-0.1, -0.05) is 42.5 Å². The summed E-state index contributed by atoms with van der Waals surface area (Å²) in [5.74, 6) is 0. The molecule has 0 aliphatic carbocycles. The minimum absolute atomic E-state index is 0.729. The predicted octanol–water partition coefficient (Wildman–Crippen LogP) is 2.91. The normalized spacial score (nSPS) is 16.6. The molecule has 2 aromatic carbocycles. The molecule has 0 N–H and O–H groups in total. The minimum Gasteiger partial charge on any atom is -0.304 e. The van der Waals surface area contributed by atoms with Crippen LogP contribution in [0.4, 0.5) is 0 Å². The fourth-order valence-corrected chi connectivity index (χ4v) is 2.97. The molecule has 2 aromatic rings. The monoisotopic (exact) mass is 294 g/mol. The molecule has 0 spiro atoms. The lowest BCUT2D eigenvalue weighted by atomic mass is 9.98. The lowest BCUT2D eigenvalue weighted by Gasteiger charge is -2.32. The summed E-state index contributed by atoms with van der Waals surface area (Å²) < 4.78 is 0. The van der Waals surface area contributed by atoms with Crippen LogP contribution in [0.2, 0.25) is 0 Å². The zero-order chi connectivity index (χ0) is 15.4. The van der Waals surface area contributed by atoms with Crippen molar-refractivity contribution in [3.63, 3.8) is 0 Å². The highest BCUT2D eigenvalue weighted by Crippen LogP contribution is 2.25. The highest BCUT2D eigenvalue weighted by molar-refractivity contribution is 5.79. The molecule has 114 valence electrons. The van der Waals surface area contributed by atoms with Crippen molar-refractivity contribution in [2.45, 2.75) is 6.54 Å². The number of nitrogens with zero attached hydrogens (tertiary/aromatic N) is 2. The Bertz CT molecular complexity index is 645. The van der Waals surface area contributed by atoms with Gasteiger partial charge in [0.15, 0.2) is 0 Å². The molecule has 1 fully saturated rings. The highest BCUT2D eigenvalue weighted by Gasteiger charge is 2.15. The second-order valence-electron chi connectivity index (χ2n) is 5.98. The summed E-state index contributed by atoms with van der Waals surface area (Å²) in [6.45, 7) is 5.44. The Morgan fingerprint density at radius 2 is 1.77 bits per heavy atom. The van der Waals surface area contributed by atoms with Gasteiger partial charge in [-0.15, -0.1) is 0 Å². The lowest BCUT2D eigenvalue weighted by molar-refractivity contribution is 0.112. The SMILES string of the molecule is CN1CCN(Cc2ccccc2-c2cccc(C=O)c2)CC1. The Hall–Kier alpha value is -1.97. The van der Waals surface area contributed by atoms with Gasteiger partial charge in [0.25, 0.3) is 0 Å². The molecule has 1 aliphatic rings. The Morgan fingerprint density at radius 1 is 1.00 bits per heavy atom. The van der Waals surface area contributed by atoms with Crippen LogP contribution in [-0.2, 0) is 6.54 Å². The zero-order valence-corrected chi connectivity index (χ0v) is 13.0. The molecule has 3 rings (SSSR count). The molecule has 0 unspecified atom stereocenters. The van der Waals surface area contributed by atoms with Crippen molar-refractivity contribution in [3.8, 4) is 11.1 Å². The molecule has 3 nitrogen and oxygen atoms in total. The number of hydrogen-bond acceptors (Lipinski definition) is 3. The predicted molar refractivity (Wildman–Crippen MR) is 90.0 cm³/mol. The van der Waals surface area contributed by atoms with E-state index < -0.39 is 0 Å². The van der Waals surface area contributed by atoms with E-state index in [9.17, 15) is 4.79 Å². The average molecular weight is 294 g/mol. The molecular formula is C19H22N2O. The van der Waals surface area contributed by atoms with Gasteiger partial charge in [-0.05, 0) is 29.8 Å². The number of hydrogen-bond donors (Lipinski definition) is 0. The standard InChI is InChI=1S/C19H22N2O/c1-20-9-11-21(12-10-20)14-18-6-2-3-8-19(18)17-7-4-5-16(13-17)15-22/h2-8,13,15H,9-12,14H2,1H3. The van der Waals surface area contributed by atoms with Crippen molar-refractivity contribution in [3.05, 3.63) is 59.7 Å². The van der Waals surface area contributed by atoms with Crippen molar-refractivity contribution in [1.82, 2.24) is 9.80 Å². The quantitative estimate of drug-likeness (QED) is 0.810. The molecule has 3 heteroatoms. The Kier molecular flexibility index (Phi) is 4.66. The Morgan fingerprint density at radius 3 is 2.55 bits per heavy atom. The summed E-state index contributed by atoms with van der Waals surface area (Å²) >= 11 is 0. The van der Waals surface area contributed by atoms with Gasteiger partial charge in [0.2, 0.25) is 0 Å². The van der Waals surface area contributed by atoms with E-state index in [4.69, 9.17) is 0 Å². The number of rotatable bonds is 4. The maximum absolute atomic E-state index is 11.0. The van der Waals surface area contributed by atoms with Gasteiger partial charge in [0.05, 0.1) is 0 Å². The summed E-state index contributed by atoms with van der Waals surface area (Å²) in [4.78, 5) is 15.9. The van der Waals surface area contributed by atoms with E-state index in [1.165, 1.54) is 11.1 Å². The molecule has 0 aromatic heterocycles. The van der Waals surface area contributed by atoms with Gasteiger partial charge in [0, 0.05) is 38.3 Å². The molecule has 1 saturated heterocycles. The fourth-order valence-electron chi connectivity index (χ4n) is 2.97. The molecular weight excluding hydrogens is 272 g/mol. The first-order chi connectivity index (χ1) is 10.8. The first-order valence-corrected chi connectivity index (χ1v) is 7.81. The molecule has 22 heavy (non-hydrogen) atoms. The first kappa shape index (κ1) is 14.9. The molecule has 0 atom stereocenters. The van der Waals surface area contributed by atoms with E-state index in [0.717, 1.165) is 50.1 Å². The van der Waals surface area contributed by atoms with Crippen molar-refractivity contribution in [2.75, 3.05) is 33.2 Å². The first-order valence-electron chi connectivity index (χ1n) is 7.81. The molecule has 1 aliphatic heterocycles. The zero-order valence-electron chi connectivity index (χ0n) is 13.0. The second-order valence-corrected chi connectivity index (χ2v) is 5.98. The number of benzene rings is 2. The van der Waals surface area contributed by atoms with E-state index in [2.05, 4.69) is 47.2 Å². The number of aldehydes is 1. The Balaban J connectivity index is 1.84. The summed E-state index contributed by atoms with van der Waals surface area (Å²) in [6.07, 6.45) is 0.909. The molecule has 0 amide bonds. The maximum atomic E-state index is 11.0. The van der Waals surface area contributed by atoms with Crippen LogP contribution in [0, 0.1) is 0 Å². The second kappa shape index (κ2) is 6.86. The fraction of sp³-hybridized carbons (Fsp3) is 0.316. The van der Waals surface area contributed by atoms with Crippen molar-refractivity contribution >= 4 is 6.29 Å². The third-order valence-electron chi connectivity index (χ3n) is 4.34. The van der Waals surface area contributed by atoms with Crippen LogP contribution in [0.15, 0.2) is 48.5 Å². The van der Waals surface area contributed by atoms with E-state index in [1.807, 2.05) is 18.2 Å². The third kappa shape index (κ3) is 3.43. The topological polar surface area (TPSA) is 23.6 Å². The maximum Gasteiger partial charge on any atom is 0.150 e. The Labute approximate surface area is 132 Å². The van der Waals surface area contributed by atoms with Crippen LogP contribution >= 0.6 is 0 Å². The summed E-state index contributed by atoms with van der Waals surface area (Å²) in [7, 11) is 2.18. The summed E-state index contributed by atoms with van der Waals surface area (Å²) in [5.41, 5.74) is 4.40. The molecule has 0 radical (unpaired) electrons. The van der Waals surface area contributed by atoms with E-state index in [1.54, 1.807) is 0 Å². The van der Waals surface area contributed by atoms with Crippen molar-refractivity contribution in [1.29, 1.82) is 0 Å². The van der Waals surface area contributed by atoms with Gasteiger partial charge in [0.1, 0.15) is 6.29 Å². The number of piperazine rings is 1. The lowest BCUT2D eigenvalue weighted by Crippen LogP contribution is -2.43. The van der Waals surface area contributed by atoms with Gasteiger partial charge in [-0.2, -0.15) is 0 Å². The van der Waals surface area contributed by atoms with Crippen LogP contribution in [0.5, 0.6) is 0 Å². The van der Waals surface area contributed by atoms with E-state index >= 15 is 0 Å². The van der Waals surface area contributed by atoms with Crippen molar-refractivity contribution in [2.24, 2.45) is 0 Å². The van der Waals surface area contributed by atoms with Crippen LogP contribution in [-0.4, -0.2) is 49.3 Å². The third-order valence-corrected chi connectivity index (χ3v) is 4.34. The van der Waals surface area contributed by atoms with Gasteiger partial charge < -0.3 is 4.90 Å². The molecule has 0 bridgehead atoms. The van der Waals surface area contributed by atoms with Gasteiger partial charge in [-0.25, -0.2) is 0 Å². The average Bonchev–Trinajstić information content (AvgIpc) is 2.57. The molecule has 0 saturated carbocycles. The van der Waals surface area contributed by atoms with Crippen LogP contribution in [0.1, 0.15) is 15.9 Å². The largest absolute Gasteiger partial charge is 0.304 e. The van der Waals surface area contributed by atoms with Gasteiger partial charge >= 0.3 is 0 Å². The highest BCUT2D eigenvalue weighted by atomic mass is 16.1. The van der Waals surface area contributed by atoms with Crippen molar-refractivity contribution < 1.29 is 4.79 Å². The summed E-state index contributed by atoms with van der Waals surface area (Å²) in [5, 5.41) is 0. The smallest absolute Gasteiger partial charge is 0.150 e. The molecule has 1 heterocycles. The van der Waals surface area contributed by atoms with Crippen LogP contribution < -0.4 is 0 Å². The van der Waals surface area contributed by atoms with Gasteiger partial charge in [-0.3, -0.25) is 9.69 Å². The van der Waals surface area contributed by atoms with E-state index in [-0.39, 0.29) is 0 Å². The minimum atomic E-state index is 0.729. The van der Waals surface area contributed by atoms with Crippen LogP contribution in [0.3, 0.4) is 0 Å². The van der Waals surface area contributed by atoms with Crippen LogP contribution in [0.25, 0.3) is 11.1 Å².